The fourth-order valence-corrected chi connectivity index (χ4v) is 3.11. The van der Waals surface area contributed by atoms with Gasteiger partial charge in [-0.3, -0.25) is 19.3 Å². The van der Waals surface area contributed by atoms with E-state index in [0.29, 0.717) is 17.8 Å². The highest BCUT2D eigenvalue weighted by atomic mass is 16.4. The first kappa shape index (κ1) is 23.6. The molecule has 2 rings (SSSR count). The van der Waals surface area contributed by atoms with Gasteiger partial charge in [0.25, 0.3) is 0 Å². The van der Waals surface area contributed by atoms with E-state index in [1.165, 1.54) is 4.90 Å². The number of carbonyl (C=O) groups excluding carboxylic acids is 3. The molecule has 5 N–H and O–H groups in total. The molecule has 1 heterocycles. The largest absolute Gasteiger partial charge is 0.481 e. The average Bonchev–Trinajstić information content (AvgIpc) is 2.72. The van der Waals surface area contributed by atoms with E-state index in [1.54, 1.807) is 38.1 Å². The van der Waals surface area contributed by atoms with Crippen LogP contribution in [0.15, 0.2) is 24.3 Å². The van der Waals surface area contributed by atoms with Crippen molar-refractivity contribution in [1.29, 1.82) is 0 Å². The number of fused-ring (bicyclic) bond motifs is 1. The number of urea groups is 1. The molecule has 0 aliphatic carbocycles. The normalized spacial score (nSPS) is 15.7. The number of hydrogen-bond donors (Lipinski definition) is 5. The molecule has 0 fully saturated rings. The Kier molecular flexibility index (Phi) is 7.94. The summed E-state index contributed by atoms with van der Waals surface area (Å²) in [6.07, 6.45) is -0.225. The summed E-state index contributed by atoms with van der Waals surface area (Å²) in [4.78, 5) is 61.1. The predicted molar refractivity (Wildman–Crippen MR) is 111 cm³/mol. The maximum Gasteiger partial charge on any atom is 0.326 e. The molecule has 0 bridgehead atoms. The highest BCUT2D eigenvalue weighted by molar-refractivity contribution is 6.10. The number of aliphatic carboxylic acids is 2. The van der Waals surface area contributed by atoms with Gasteiger partial charge in [0, 0.05) is 6.42 Å². The van der Waals surface area contributed by atoms with Gasteiger partial charge in [-0.2, -0.15) is 0 Å². The third-order valence-corrected chi connectivity index (χ3v) is 5.05. The van der Waals surface area contributed by atoms with Crippen molar-refractivity contribution in [2.24, 2.45) is 5.92 Å². The van der Waals surface area contributed by atoms with E-state index >= 15 is 0 Å². The molecule has 1 aliphatic heterocycles. The quantitative estimate of drug-likeness (QED) is 0.387. The van der Waals surface area contributed by atoms with Crippen LogP contribution in [0.5, 0.6) is 0 Å². The monoisotopic (exact) mass is 434 g/mol. The van der Waals surface area contributed by atoms with Crippen molar-refractivity contribution in [3.05, 3.63) is 24.3 Å². The first-order valence-electron chi connectivity index (χ1n) is 9.85. The molecule has 4 amide bonds. The van der Waals surface area contributed by atoms with Crippen LogP contribution in [0, 0.1) is 5.92 Å². The number of nitrogens with one attached hydrogen (secondary N) is 3. The summed E-state index contributed by atoms with van der Waals surface area (Å²) in [7, 11) is 0. The van der Waals surface area contributed by atoms with E-state index in [1.807, 2.05) is 0 Å². The van der Waals surface area contributed by atoms with E-state index in [2.05, 4.69) is 16.0 Å². The van der Waals surface area contributed by atoms with Gasteiger partial charge in [0.15, 0.2) is 0 Å². The standard InChI is InChI=1S/C20H26N4O7/c1-3-11(2)17(18(28)22-13(19(29)30)8-9-16(26)27)23-20(31)24-10-15(25)21-12-6-4-5-7-14(12)24/h4-7,11,13,17H,3,8-10H2,1-2H3,(H,21,25)(H,22,28)(H,23,31)(H,26,27)(H,29,30)/t11?,13-,17-/m0/s1. The lowest BCUT2D eigenvalue weighted by atomic mass is 9.97. The van der Waals surface area contributed by atoms with Gasteiger partial charge in [-0.1, -0.05) is 32.4 Å². The van der Waals surface area contributed by atoms with Crippen molar-refractivity contribution in [3.8, 4) is 0 Å². The fraction of sp³-hybridized carbons (Fsp3) is 0.450. The topological polar surface area (TPSA) is 165 Å². The first-order valence-corrected chi connectivity index (χ1v) is 9.85. The van der Waals surface area contributed by atoms with Gasteiger partial charge in [-0.05, 0) is 24.5 Å². The molecule has 0 saturated carbocycles. The molecule has 0 radical (unpaired) electrons. The highest BCUT2D eigenvalue weighted by Gasteiger charge is 2.33. The molecular weight excluding hydrogens is 408 g/mol. The van der Waals surface area contributed by atoms with Gasteiger partial charge in [0.2, 0.25) is 11.8 Å². The number of nitrogens with zero attached hydrogens (tertiary/aromatic N) is 1. The van der Waals surface area contributed by atoms with Crippen LogP contribution in [0.3, 0.4) is 0 Å². The highest BCUT2D eigenvalue weighted by Crippen LogP contribution is 2.29. The minimum Gasteiger partial charge on any atom is -0.481 e. The number of hydrogen-bond acceptors (Lipinski definition) is 5. The maximum atomic E-state index is 12.9. The van der Waals surface area contributed by atoms with Gasteiger partial charge >= 0.3 is 18.0 Å². The number of anilines is 2. The van der Waals surface area contributed by atoms with Gasteiger partial charge < -0.3 is 26.2 Å². The smallest absolute Gasteiger partial charge is 0.326 e. The van der Waals surface area contributed by atoms with E-state index in [0.717, 1.165) is 0 Å². The minimum absolute atomic E-state index is 0.242. The first-order chi connectivity index (χ1) is 14.6. The SMILES string of the molecule is CCC(C)[C@H](NC(=O)N1CC(=O)Nc2ccccc21)C(=O)N[C@@H](CCC(=O)O)C(=O)O. The lowest BCUT2D eigenvalue weighted by Crippen LogP contribution is -2.57. The zero-order chi connectivity index (χ0) is 23.1. The molecule has 0 saturated heterocycles. The third kappa shape index (κ3) is 6.17. The minimum atomic E-state index is -1.41. The Bertz CT molecular complexity index is 873. The Labute approximate surface area is 178 Å². The number of rotatable bonds is 9. The van der Waals surface area contributed by atoms with E-state index < -0.39 is 48.3 Å². The lowest BCUT2D eigenvalue weighted by Gasteiger charge is -2.32. The second-order valence-electron chi connectivity index (χ2n) is 7.30. The van der Waals surface area contributed by atoms with Gasteiger partial charge in [-0.15, -0.1) is 0 Å². The van der Waals surface area contributed by atoms with Crippen LogP contribution in [0.2, 0.25) is 0 Å². The summed E-state index contributed by atoms with van der Waals surface area (Å²) in [5.74, 6) is -4.04. The van der Waals surface area contributed by atoms with E-state index in [-0.39, 0.29) is 18.9 Å². The Morgan fingerprint density at radius 3 is 2.45 bits per heavy atom. The van der Waals surface area contributed by atoms with Crippen LogP contribution in [0.1, 0.15) is 33.1 Å². The van der Waals surface area contributed by atoms with Crippen molar-refractivity contribution in [1.82, 2.24) is 10.6 Å². The van der Waals surface area contributed by atoms with Gasteiger partial charge in [0.1, 0.15) is 18.6 Å². The van der Waals surface area contributed by atoms with Gasteiger partial charge in [0.05, 0.1) is 11.4 Å². The molecule has 1 aliphatic rings. The molecular formula is C20H26N4O7. The predicted octanol–water partition coefficient (Wildman–Crippen LogP) is 1.00. The molecule has 11 nitrogen and oxygen atoms in total. The molecule has 3 atom stereocenters. The number of para-hydroxylation sites is 2. The summed E-state index contributed by atoms with van der Waals surface area (Å²) in [6.45, 7) is 3.28. The van der Waals surface area contributed by atoms with E-state index in [9.17, 15) is 29.1 Å². The Balaban J connectivity index is 2.18. The van der Waals surface area contributed by atoms with Crippen molar-refractivity contribution >= 4 is 41.2 Å². The van der Waals surface area contributed by atoms with E-state index in [4.69, 9.17) is 5.11 Å². The van der Waals surface area contributed by atoms with Crippen molar-refractivity contribution in [3.63, 3.8) is 0 Å². The van der Waals surface area contributed by atoms with Crippen LogP contribution in [-0.4, -0.2) is 58.6 Å². The summed E-state index contributed by atoms with van der Waals surface area (Å²) >= 11 is 0. The molecule has 1 aromatic carbocycles. The summed E-state index contributed by atoms with van der Waals surface area (Å²) in [5, 5.41) is 25.6. The van der Waals surface area contributed by atoms with Crippen LogP contribution in [0.4, 0.5) is 16.2 Å². The second kappa shape index (κ2) is 10.4. The van der Waals surface area contributed by atoms with Gasteiger partial charge in [-0.25, -0.2) is 9.59 Å². The lowest BCUT2D eigenvalue weighted by molar-refractivity contribution is -0.143. The Hall–Kier alpha value is -3.63. The van der Waals surface area contributed by atoms with Crippen LogP contribution >= 0.6 is 0 Å². The zero-order valence-electron chi connectivity index (χ0n) is 17.3. The number of amides is 4. The molecule has 168 valence electrons. The van der Waals surface area contributed by atoms with Crippen molar-refractivity contribution < 1.29 is 34.2 Å². The number of carboxylic acids is 2. The van der Waals surface area contributed by atoms with Crippen LogP contribution < -0.4 is 20.9 Å². The summed E-state index contributed by atoms with van der Waals surface area (Å²) in [6, 6.07) is 3.54. The summed E-state index contributed by atoms with van der Waals surface area (Å²) < 4.78 is 0. The molecule has 1 unspecified atom stereocenters. The molecule has 11 heteroatoms. The molecule has 1 aromatic rings. The molecule has 0 spiro atoms. The molecule has 0 aromatic heterocycles. The zero-order valence-corrected chi connectivity index (χ0v) is 17.3. The van der Waals surface area contributed by atoms with Crippen molar-refractivity contribution in [2.75, 3.05) is 16.8 Å². The van der Waals surface area contributed by atoms with Crippen LogP contribution in [0.25, 0.3) is 0 Å². The third-order valence-electron chi connectivity index (χ3n) is 5.05. The van der Waals surface area contributed by atoms with Crippen molar-refractivity contribution in [2.45, 2.75) is 45.2 Å². The Morgan fingerprint density at radius 2 is 1.84 bits per heavy atom. The van der Waals surface area contributed by atoms with Crippen LogP contribution in [-0.2, 0) is 19.2 Å². The molecule has 31 heavy (non-hydrogen) atoms. The Morgan fingerprint density at radius 1 is 1.16 bits per heavy atom. The number of benzene rings is 1. The average molecular weight is 434 g/mol. The summed E-state index contributed by atoms with van der Waals surface area (Å²) in [5.41, 5.74) is 0.922. The number of carbonyl (C=O) groups is 5. The fourth-order valence-electron chi connectivity index (χ4n) is 3.11. The number of carboxylic acid groups (broad SMARTS) is 2. The second-order valence-corrected chi connectivity index (χ2v) is 7.30. The maximum absolute atomic E-state index is 12.9.